The predicted octanol–water partition coefficient (Wildman–Crippen LogP) is 5.15. The molecule has 0 aliphatic carbocycles. The number of nitrogens with one attached hydrogen (secondary N) is 1. The lowest BCUT2D eigenvalue weighted by atomic mass is 10.1. The van der Waals surface area contributed by atoms with Crippen LogP contribution in [0.15, 0.2) is 60.7 Å². The second-order valence-corrected chi connectivity index (χ2v) is 6.71. The third kappa shape index (κ3) is 2.72. The summed E-state index contributed by atoms with van der Waals surface area (Å²) in [4.78, 5) is 8.30. The van der Waals surface area contributed by atoms with E-state index in [0.717, 1.165) is 58.4 Å². The van der Waals surface area contributed by atoms with E-state index in [1.165, 1.54) is 0 Å². The molecule has 4 heteroatoms. The van der Waals surface area contributed by atoms with Crippen molar-refractivity contribution in [3.8, 4) is 5.75 Å². The van der Waals surface area contributed by atoms with Gasteiger partial charge in [-0.1, -0.05) is 54.6 Å². The highest BCUT2D eigenvalue weighted by molar-refractivity contribution is 6.07. The van der Waals surface area contributed by atoms with Crippen LogP contribution in [0.25, 0.3) is 21.8 Å². The van der Waals surface area contributed by atoms with E-state index < -0.39 is 0 Å². The highest BCUT2D eigenvalue weighted by atomic mass is 16.5. The van der Waals surface area contributed by atoms with Crippen molar-refractivity contribution in [1.29, 1.82) is 0 Å². The minimum atomic E-state index is 0.0786. The molecule has 0 radical (unpaired) electrons. The number of rotatable bonds is 4. The summed E-state index contributed by atoms with van der Waals surface area (Å²) in [6.07, 6.45) is 2.19. The van der Waals surface area contributed by atoms with Crippen molar-refractivity contribution < 1.29 is 9.47 Å². The lowest BCUT2D eigenvalue weighted by Crippen LogP contribution is -1.97. The van der Waals surface area contributed by atoms with E-state index in [2.05, 4.69) is 35.3 Å². The zero-order valence-corrected chi connectivity index (χ0v) is 14.4. The first-order valence-electron chi connectivity index (χ1n) is 9.08. The third-order valence-corrected chi connectivity index (χ3v) is 4.95. The van der Waals surface area contributed by atoms with E-state index in [9.17, 15) is 0 Å². The Balaban J connectivity index is 1.58. The smallest absolute Gasteiger partial charge is 0.136 e. The molecular weight excluding hydrogens is 324 g/mol. The molecule has 1 N–H and O–H groups in total. The fraction of sp³-hybridized carbons (Fsp3) is 0.227. The Morgan fingerprint density at radius 1 is 1.04 bits per heavy atom. The van der Waals surface area contributed by atoms with E-state index in [1.54, 1.807) is 0 Å². The summed E-state index contributed by atoms with van der Waals surface area (Å²) in [5.41, 5.74) is 3.14. The normalized spacial score (nSPS) is 17.2. The molecule has 1 aliphatic rings. The summed E-state index contributed by atoms with van der Waals surface area (Å²) in [7, 11) is 0. The van der Waals surface area contributed by atoms with Crippen LogP contribution in [0, 0.1) is 0 Å². The minimum Gasteiger partial charge on any atom is -0.488 e. The molecule has 1 aromatic heterocycles. The lowest BCUT2D eigenvalue weighted by molar-refractivity contribution is 0.106. The van der Waals surface area contributed by atoms with Gasteiger partial charge in [0.25, 0.3) is 0 Å². The van der Waals surface area contributed by atoms with Crippen molar-refractivity contribution in [2.45, 2.75) is 25.6 Å². The Labute approximate surface area is 151 Å². The zero-order chi connectivity index (χ0) is 17.3. The molecule has 0 saturated carbocycles. The number of benzene rings is 3. The molecule has 1 fully saturated rings. The predicted molar refractivity (Wildman–Crippen MR) is 102 cm³/mol. The van der Waals surface area contributed by atoms with Gasteiger partial charge in [-0.25, -0.2) is 4.98 Å². The standard InChI is InChI=1S/C22H20N2O2/c1-2-7-15(8-3-1)14-26-20-13-18-21(17-10-5-4-9-16(17)20)24-22(23-18)19-11-6-12-25-19/h1-5,7-10,13,19H,6,11-12,14H2,(H,23,24). The number of nitrogens with zero attached hydrogens (tertiary/aromatic N) is 1. The van der Waals surface area contributed by atoms with Crippen molar-refractivity contribution >= 4 is 21.8 Å². The molecule has 1 unspecified atom stereocenters. The average Bonchev–Trinajstić information content (AvgIpc) is 3.36. The molecule has 5 rings (SSSR count). The Kier molecular flexibility index (Phi) is 3.83. The van der Waals surface area contributed by atoms with Crippen LogP contribution in [0.5, 0.6) is 5.75 Å². The second-order valence-electron chi connectivity index (χ2n) is 6.71. The number of aromatic amines is 1. The molecule has 130 valence electrons. The van der Waals surface area contributed by atoms with Crippen LogP contribution in [0.1, 0.15) is 30.3 Å². The molecule has 26 heavy (non-hydrogen) atoms. The highest BCUT2D eigenvalue weighted by Crippen LogP contribution is 2.35. The number of ether oxygens (including phenoxy) is 2. The maximum Gasteiger partial charge on any atom is 0.136 e. The van der Waals surface area contributed by atoms with E-state index in [0.29, 0.717) is 6.61 Å². The fourth-order valence-corrected chi connectivity index (χ4v) is 3.63. The molecule has 4 aromatic rings. The Hall–Kier alpha value is -2.85. The van der Waals surface area contributed by atoms with Gasteiger partial charge in [0.05, 0.1) is 11.0 Å². The van der Waals surface area contributed by atoms with Gasteiger partial charge in [0.2, 0.25) is 0 Å². The van der Waals surface area contributed by atoms with Gasteiger partial charge in [0, 0.05) is 23.4 Å². The van der Waals surface area contributed by atoms with Crippen LogP contribution < -0.4 is 4.74 Å². The largest absolute Gasteiger partial charge is 0.488 e. The Morgan fingerprint density at radius 3 is 2.65 bits per heavy atom. The van der Waals surface area contributed by atoms with E-state index in [4.69, 9.17) is 14.5 Å². The number of hydrogen-bond acceptors (Lipinski definition) is 3. The van der Waals surface area contributed by atoms with Crippen LogP contribution in [-0.2, 0) is 11.3 Å². The average molecular weight is 344 g/mol. The van der Waals surface area contributed by atoms with E-state index >= 15 is 0 Å². The Bertz CT molecular complexity index is 1050. The summed E-state index contributed by atoms with van der Waals surface area (Å²) in [5, 5.41) is 2.19. The van der Waals surface area contributed by atoms with Gasteiger partial charge in [0.15, 0.2) is 0 Å². The van der Waals surface area contributed by atoms with Crippen LogP contribution in [-0.4, -0.2) is 16.6 Å². The van der Waals surface area contributed by atoms with Crippen molar-refractivity contribution in [3.63, 3.8) is 0 Å². The Morgan fingerprint density at radius 2 is 1.85 bits per heavy atom. The van der Waals surface area contributed by atoms with E-state index in [1.807, 2.05) is 30.3 Å². The van der Waals surface area contributed by atoms with Crippen LogP contribution in [0.2, 0.25) is 0 Å². The first-order chi connectivity index (χ1) is 12.9. The van der Waals surface area contributed by atoms with Gasteiger partial charge >= 0.3 is 0 Å². The number of fused-ring (bicyclic) bond motifs is 3. The minimum absolute atomic E-state index is 0.0786. The molecule has 2 heterocycles. The summed E-state index contributed by atoms with van der Waals surface area (Å²) in [6.45, 7) is 1.36. The third-order valence-electron chi connectivity index (χ3n) is 4.95. The summed E-state index contributed by atoms with van der Waals surface area (Å²) in [6, 6.07) is 20.6. The molecule has 3 aromatic carbocycles. The van der Waals surface area contributed by atoms with Gasteiger partial charge in [-0.2, -0.15) is 0 Å². The van der Waals surface area contributed by atoms with Crippen molar-refractivity contribution in [1.82, 2.24) is 9.97 Å². The maximum atomic E-state index is 6.17. The van der Waals surface area contributed by atoms with Gasteiger partial charge in [-0.05, 0) is 18.4 Å². The van der Waals surface area contributed by atoms with Crippen molar-refractivity contribution in [2.24, 2.45) is 0 Å². The van der Waals surface area contributed by atoms with Crippen LogP contribution >= 0.6 is 0 Å². The molecule has 1 aliphatic heterocycles. The van der Waals surface area contributed by atoms with Crippen molar-refractivity contribution in [3.05, 3.63) is 72.1 Å². The monoisotopic (exact) mass is 344 g/mol. The first-order valence-corrected chi connectivity index (χ1v) is 9.08. The SMILES string of the molecule is c1ccc(COc2cc3[nH]c(C4CCCO4)nc3c3ccccc23)cc1. The van der Waals surface area contributed by atoms with Crippen LogP contribution in [0.3, 0.4) is 0 Å². The molecule has 0 amide bonds. The van der Waals surface area contributed by atoms with Gasteiger partial charge in [-0.3, -0.25) is 0 Å². The van der Waals surface area contributed by atoms with Gasteiger partial charge in [-0.15, -0.1) is 0 Å². The number of imidazole rings is 1. The van der Waals surface area contributed by atoms with Crippen molar-refractivity contribution in [2.75, 3.05) is 6.61 Å². The molecular formula is C22H20N2O2. The first kappa shape index (κ1) is 15.4. The van der Waals surface area contributed by atoms with E-state index in [-0.39, 0.29) is 6.10 Å². The maximum absolute atomic E-state index is 6.17. The van der Waals surface area contributed by atoms with Crippen LogP contribution in [0.4, 0.5) is 0 Å². The van der Waals surface area contributed by atoms with Gasteiger partial charge in [0.1, 0.15) is 24.3 Å². The number of aromatic nitrogens is 2. The van der Waals surface area contributed by atoms with Gasteiger partial charge < -0.3 is 14.5 Å². The highest BCUT2D eigenvalue weighted by Gasteiger charge is 2.22. The topological polar surface area (TPSA) is 47.1 Å². The summed E-state index contributed by atoms with van der Waals surface area (Å²) < 4.78 is 12.0. The molecule has 1 atom stereocenters. The quantitative estimate of drug-likeness (QED) is 0.557. The fourth-order valence-electron chi connectivity index (χ4n) is 3.63. The second kappa shape index (κ2) is 6.46. The summed E-state index contributed by atoms with van der Waals surface area (Å²) in [5.74, 6) is 1.79. The summed E-state index contributed by atoms with van der Waals surface area (Å²) >= 11 is 0. The molecule has 1 saturated heterocycles. The molecule has 0 spiro atoms. The zero-order valence-electron chi connectivity index (χ0n) is 14.4. The number of hydrogen-bond donors (Lipinski definition) is 1. The number of H-pyrrole nitrogens is 1. The molecule has 0 bridgehead atoms. The lowest BCUT2D eigenvalue weighted by Gasteiger charge is -2.10. The molecule has 4 nitrogen and oxygen atoms in total.